The Balaban J connectivity index is 1.23. The molecule has 3 heterocycles. The van der Waals surface area contributed by atoms with Crippen molar-refractivity contribution in [1.82, 2.24) is 19.6 Å². The zero-order chi connectivity index (χ0) is 15.6. The first-order valence-corrected chi connectivity index (χ1v) is 9.31. The van der Waals surface area contributed by atoms with Crippen LogP contribution in [0.15, 0.2) is 16.9 Å². The summed E-state index contributed by atoms with van der Waals surface area (Å²) in [5.74, 6) is 1.21. The van der Waals surface area contributed by atoms with Crippen molar-refractivity contribution in [1.29, 1.82) is 0 Å². The predicted molar refractivity (Wildman–Crippen MR) is 90.7 cm³/mol. The second kappa shape index (κ2) is 6.73. The Hall–Kier alpha value is -1.20. The normalized spacial score (nSPS) is 23.8. The Morgan fingerprint density at radius 3 is 2.48 bits per heavy atom. The van der Waals surface area contributed by atoms with E-state index in [0.717, 1.165) is 25.3 Å². The number of rotatable bonds is 6. The van der Waals surface area contributed by atoms with Crippen molar-refractivity contribution in [3.8, 4) is 0 Å². The van der Waals surface area contributed by atoms with Crippen LogP contribution in [0.1, 0.15) is 43.7 Å². The van der Waals surface area contributed by atoms with Crippen molar-refractivity contribution in [3.05, 3.63) is 28.2 Å². The van der Waals surface area contributed by atoms with E-state index in [-0.39, 0.29) is 5.56 Å². The monoisotopic (exact) mass is 316 g/mol. The lowest BCUT2D eigenvalue weighted by Gasteiger charge is -2.40. The van der Waals surface area contributed by atoms with Gasteiger partial charge in [0.15, 0.2) is 0 Å². The number of hydrogen-bond donors (Lipinski definition) is 0. The fraction of sp³-hybridized carbons (Fsp3) is 0.778. The maximum Gasteiger partial charge on any atom is 0.266 e. The lowest BCUT2D eigenvalue weighted by atomic mass is 10.0. The molecule has 0 aromatic carbocycles. The van der Waals surface area contributed by atoms with Gasteiger partial charge in [-0.3, -0.25) is 4.79 Å². The Kier molecular flexibility index (Phi) is 4.49. The highest BCUT2D eigenvalue weighted by atomic mass is 16.1. The maximum atomic E-state index is 12.0. The van der Waals surface area contributed by atoms with Gasteiger partial charge in [-0.1, -0.05) is 6.42 Å². The molecule has 0 amide bonds. The van der Waals surface area contributed by atoms with E-state index in [1.54, 1.807) is 10.7 Å². The lowest BCUT2D eigenvalue weighted by Crippen LogP contribution is -2.52. The van der Waals surface area contributed by atoms with E-state index in [0.29, 0.717) is 11.8 Å². The minimum absolute atomic E-state index is 0.0566. The molecule has 0 N–H and O–H groups in total. The largest absolute Gasteiger partial charge is 0.302 e. The zero-order valence-corrected chi connectivity index (χ0v) is 14.0. The first-order chi connectivity index (χ1) is 11.3. The summed E-state index contributed by atoms with van der Waals surface area (Å²) in [5.41, 5.74) is 1.17. The lowest BCUT2D eigenvalue weighted by molar-refractivity contribution is 0.0684. The highest BCUT2D eigenvalue weighted by Crippen LogP contribution is 2.38. The van der Waals surface area contributed by atoms with Gasteiger partial charge in [-0.2, -0.15) is 5.10 Å². The van der Waals surface area contributed by atoms with E-state index in [9.17, 15) is 4.79 Å². The van der Waals surface area contributed by atoms with Crippen molar-refractivity contribution < 1.29 is 0 Å². The van der Waals surface area contributed by atoms with Crippen LogP contribution in [0.4, 0.5) is 0 Å². The maximum absolute atomic E-state index is 12.0. The molecule has 1 saturated carbocycles. The summed E-state index contributed by atoms with van der Waals surface area (Å²) in [7, 11) is 0. The smallest absolute Gasteiger partial charge is 0.266 e. The first-order valence-electron chi connectivity index (χ1n) is 9.31. The number of piperidine rings is 1. The fourth-order valence-corrected chi connectivity index (χ4v) is 3.88. The predicted octanol–water partition coefficient (Wildman–Crippen LogP) is 1.54. The average Bonchev–Trinajstić information content (AvgIpc) is 3.37. The first kappa shape index (κ1) is 15.3. The van der Waals surface area contributed by atoms with Gasteiger partial charge in [-0.15, -0.1) is 0 Å². The molecule has 5 heteroatoms. The van der Waals surface area contributed by atoms with E-state index in [1.165, 1.54) is 58.3 Å². The van der Waals surface area contributed by atoms with Gasteiger partial charge in [0.05, 0.1) is 12.2 Å². The highest BCUT2D eigenvalue weighted by molar-refractivity contribution is 5.12. The standard InChI is InChI=1S/C18H28N4O/c23-18-7-6-17(16-4-5-16)19-22(18)14-15-12-21(13-15)11-10-20-8-2-1-3-9-20/h6-7,15-16H,1-5,8-14H2. The van der Waals surface area contributed by atoms with Crippen LogP contribution in [-0.4, -0.2) is 58.8 Å². The van der Waals surface area contributed by atoms with Gasteiger partial charge < -0.3 is 9.80 Å². The molecule has 2 aliphatic heterocycles. The second-order valence-corrected chi connectivity index (χ2v) is 7.58. The van der Waals surface area contributed by atoms with E-state index >= 15 is 0 Å². The van der Waals surface area contributed by atoms with Gasteiger partial charge in [0.2, 0.25) is 0 Å². The highest BCUT2D eigenvalue weighted by Gasteiger charge is 2.29. The number of hydrogen-bond acceptors (Lipinski definition) is 4. The molecule has 23 heavy (non-hydrogen) atoms. The molecule has 126 valence electrons. The third-order valence-corrected chi connectivity index (χ3v) is 5.53. The van der Waals surface area contributed by atoms with Crippen LogP contribution in [-0.2, 0) is 6.54 Å². The number of likely N-dealkylation sites (tertiary alicyclic amines) is 2. The molecule has 4 rings (SSSR count). The van der Waals surface area contributed by atoms with Gasteiger partial charge in [0.1, 0.15) is 0 Å². The van der Waals surface area contributed by atoms with Crippen LogP contribution in [0.3, 0.4) is 0 Å². The summed E-state index contributed by atoms with van der Waals surface area (Å²) in [6, 6.07) is 3.62. The Morgan fingerprint density at radius 1 is 1.00 bits per heavy atom. The zero-order valence-electron chi connectivity index (χ0n) is 14.0. The number of nitrogens with zero attached hydrogens (tertiary/aromatic N) is 4. The van der Waals surface area contributed by atoms with Crippen molar-refractivity contribution in [3.63, 3.8) is 0 Å². The molecule has 0 atom stereocenters. The average molecular weight is 316 g/mol. The Bertz CT molecular complexity index is 583. The molecule has 3 fully saturated rings. The Labute approximate surface area is 138 Å². The van der Waals surface area contributed by atoms with Gasteiger partial charge in [0, 0.05) is 44.1 Å². The third kappa shape index (κ3) is 3.83. The fourth-order valence-electron chi connectivity index (χ4n) is 3.88. The SMILES string of the molecule is O=c1ccc(C2CC2)nn1CC1CN(CCN2CCCCC2)C1. The minimum Gasteiger partial charge on any atom is -0.302 e. The van der Waals surface area contributed by atoms with Crippen LogP contribution in [0, 0.1) is 5.92 Å². The van der Waals surface area contributed by atoms with Crippen molar-refractivity contribution >= 4 is 0 Å². The number of aromatic nitrogens is 2. The summed E-state index contributed by atoms with van der Waals surface area (Å²) in [6.45, 7) is 7.99. The van der Waals surface area contributed by atoms with Gasteiger partial charge in [-0.05, 0) is 44.8 Å². The quantitative estimate of drug-likeness (QED) is 0.798. The van der Waals surface area contributed by atoms with Crippen LogP contribution in [0.2, 0.25) is 0 Å². The molecule has 1 aromatic rings. The molecule has 0 bridgehead atoms. The third-order valence-electron chi connectivity index (χ3n) is 5.53. The summed E-state index contributed by atoms with van der Waals surface area (Å²) in [6.07, 6.45) is 6.62. The second-order valence-electron chi connectivity index (χ2n) is 7.58. The van der Waals surface area contributed by atoms with Crippen LogP contribution < -0.4 is 5.56 Å². The molecule has 5 nitrogen and oxygen atoms in total. The molecular weight excluding hydrogens is 288 g/mol. The molecule has 1 aliphatic carbocycles. The van der Waals surface area contributed by atoms with Crippen LogP contribution in [0.5, 0.6) is 0 Å². The van der Waals surface area contributed by atoms with Crippen molar-refractivity contribution in [2.24, 2.45) is 5.92 Å². The molecular formula is C18H28N4O. The molecule has 0 radical (unpaired) electrons. The molecule has 1 aromatic heterocycles. The molecule has 3 aliphatic rings. The van der Waals surface area contributed by atoms with E-state index in [4.69, 9.17) is 0 Å². The van der Waals surface area contributed by atoms with Crippen molar-refractivity contribution in [2.75, 3.05) is 39.3 Å². The van der Waals surface area contributed by atoms with Crippen molar-refractivity contribution in [2.45, 2.75) is 44.6 Å². The summed E-state index contributed by atoms with van der Waals surface area (Å²) >= 11 is 0. The van der Waals surface area contributed by atoms with Crippen LogP contribution >= 0.6 is 0 Å². The topological polar surface area (TPSA) is 41.4 Å². The summed E-state index contributed by atoms with van der Waals surface area (Å²) < 4.78 is 1.71. The van der Waals surface area contributed by atoms with E-state index in [1.807, 2.05) is 6.07 Å². The summed E-state index contributed by atoms with van der Waals surface area (Å²) in [4.78, 5) is 17.1. The van der Waals surface area contributed by atoms with Gasteiger partial charge in [0.25, 0.3) is 5.56 Å². The summed E-state index contributed by atoms with van der Waals surface area (Å²) in [5, 5.41) is 4.58. The van der Waals surface area contributed by atoms with Gasteiger partial charge >= 0.3 is 0 Å². The molecule has 0 unspecified atom stereocenters. The molecule has 2 saturated heterocycles. The van der Waals surface area contributed by atoms with Gasteiger partial charge in [-0.25, -0.2) is 4.68 Å². The van der Waals surface area contributed by atoms with E-state index in [2.05, 4.69) is 14.9 Å². The van der Waals surface area contributed by atoms with E-state index < -0.39 is 0 Å². The van der Waals surface area contributed by atoms with Crippen LogP contribution in [0.25, 0.3) is 0 Å². The minimum atomic E-state index is 0.0566. The Morgan fingerprint density at radius 2 is 1.74 bits per heavy atom. The molecule has 0 spiro atoms.